The SMILES string of the molecule is Cc1c(C)c(-c2cccnc2)c(C)c(C)c1B(c1c(C)c(C)c(-c2cccnc2)c(C)c1C)c1c(C)c(C)c(-c2cccnc2)c(C)c1C. The lowest BCUT2D eigenvalue weighted by molar-refractivity contribution is 1.23. The standard InChI is InChI=1S/C45H48BN3/c1-25-31(7)43(32(8)26(2)40(25)37-16-13-19-47-22-37)46(44-33(9)27(3)41(28(4)34(44)10)38-17-14-20-48-23-38)45-35(11)29(5)42(30(6)36(45)12)39-18-15-21-49-24-39/h13-24H,1-12H3. The van der Waals surface area contributed by atoms with E-state index in [0.717, 1.165) is 0 Å². The Bertz CT molecular complexity index is 1880. The maximum absolute atomic E-state index is 4.50. The van der Waals surface area contributed by atoms with Crippen LogP contribution in [0.15, 0.2) is 73.6 Å². The fourth-order valence-electron chi connectivity index (χ4n) is 8.59. The van der Waals surface area contributed by atoms with E-state index in [-0.39, 0.29) is 6.71 Å². The first-order chi connectivity index (χ1) is 23.4. The molecule has 0 aliphatic carbocycles. The third-order valence-corrected chi connectivity index (χ3v) is 11.8. The Kier molecular flexibility index (Phi) is 9.20. The molecular formula is C45H48BN3. The molecule has 0 aliphatic heterocycles. The van der Waals surface area contributed by atoms with Crippen LogP contribution < -0.4 is 16.4 Å². The number of hydrogen-bond acceptors (Lipinski definition) is 3. The Hall–Kier alpha value is -4.83. The molecule has 6 aromatic rings. The molecule has 0 spiro atoms. The molecule has 246 valence electrons. The van der Waals surface area contributed by atoms with Crippen LogP contribution in [0.5, 0.6) is 0 Å². The van der Waals surface area contributed by atoms with Crippen LogP contribution in [0.2, 0.25) is 0 Å². The molecule has 0 unspecified atom stereocenters. The molecule has 4 heteroatoms. The molecule has 0 N–H and O–H groups in total. The van der Waals surface area contributed by atoms with Crippen molar-refractivity contribution >= 4 is 23.1 Å². The number of aromatic nitrogens is 3. The van der Waals surface area contributed by atoms with Crippen molar-refractivity contribution in [1.82, 2.24) is 15.0 Å². The summed E-state index contributed by atoms with van der Waals surface area (Å²) >= 11 is 0. The summed E-state index contributed by atoms with van der Waals surface area (Å²) in [6, 6.07) is 12.7. The second-order valence-corrected chi connectivity index (χ2v) is 14.0. The van der Waals surface area contributed by atoms with Crippen LogP contribution in [0.1, 0.15) is 66.8 Å². The molecule has 6 rings (SSSR count). The summed E-state index contributed by atoms with van der Waals surface area (Å²) in [5.74, 6) is 0. The zero-order valence-electron chi connectivity index (χ0n) is 31.3. The van der Waals surface area contributed by atoms with Gasteiger partial charge in [-0.3, -0.25) is 15.0 Å². The van der Waals surface area contributed by atoms with Crippen LogP contribution in [0.25, 0.3) is 33.4 Å². The number of hydrogen-bond donors (Lipinski definition) is 0. The van der Waals surface area contributed by atoms with Crippen molar-refractivity contribution in [3.05, 3.63) is 140 Å². The highest BCUT2D eigenvalue weighted by Crippen LogP contribution is 2.35. The van der Waals surface area contributed by atoms with Crippen LogP contribution >= 0.6 is 0 Å². The number of pyridine rings is 3. The topological polar surface area (TPSA) is 38.7 Å². The van der Waals surface area contributed by atoms with E-state index in [0.29, 0.717) is 0 Å². The summed E-state index contributed by atoms with van der Waals surface area (Å²) in [4.78, 5) is 13.5. The van der Waals surface area contributed by atoms with Gasteiger partial charge in [-0.15, -0.1) is 0 Å². The monoisotopic (exact) mass is 641 g/mol. The van der Waals surface area contributed by atoms with Gasteiger partial charge in [-0.05, 0) is 151 Å². The molecule has 3 aromatic carbocycles. The van der Waals surface area contributed by atoms with Crippen LogP contribution in [0, 0.1) is 83.1 Å². The van der Waals surface area contributed by atoms with Crippen LogP contribution in [-0.2, 0) is 0 Å². The van der Waals surface area contributed by atoms with E-state index >= 15 is 0 Å². The second kappa shape index (κ2) is 13.2. The first kappa shape index (κ1) is 34.1. The zero-order valence-corrected chi connectivity index (χ0v) is 31.3. The minimum atomic E-state index is 0.0426. The van der Waals surface area contributed by atoms with Crippen LogP contribution in [0.3, 0.4) is 0 Å². The van der Waals surface area contributed by atoms with Crippen molar-refractivity contribution in [2.24, 2.45) is 0 Å². The van der Waals surface area contributed by atoms with E-state index in [1.807, 2.05) is 55.4 Å². The maximum atomic E-state index is 4.50. The third kappa shape index (κ3) is 5.52. The maximum Gasteiger partial charge on any atom is 0.243 e. The molecule has 0 atom stereocenters. The smallest absolute Gasteiger partial charge is 0.243 e. The Morgan fingerprint density at radius 1 is 0.327 bits per heavy atom. The fourth-order valence-corrected chi connectivity index (χ4v) is 8.59. The second-order valence-electron chi connectivity index (χ2n) is 14.0. The molecule has 3 nitrogen and oxygen atoms in total. The third-order valence-electron chi connectivity index (χ3n) is 11.8. The summed E-state index contributed by atoms with van der Waals surface area (Å²) in [7, 11) is 0. The Morgan fingerprint density at radius 3 is 0.735 bits per heavy atom. The van der Waals surface area contributed by atoms with Gasteiger partial charge < -0.3 is 0 Å². The molecule has 0 amide bonds. The van der Waals surface area contributed by atoms with Gasteiger partial charge >= 0.3 is 0 Å². The van der Waals surface area contributed by atoms with E-state index < -0.39 is 0 Å². The molecular weight excluding hydrogens is 593 g/mol. The van der Waals surface area contributed by atoms with Crippen LogP contribution in [0.4, 0.5) is 0 Å². The number of nitrogens with zero attached hydrogens (tertiary/aromatic N) is 3. The predicted octanol–water partition coefficient (Wildman–Crippen LogP) is 9.09. The van der Waals surface area contributed by atoms with Gasteiger partial charge in [0.1, 0.15) is 0 Å². The van der Waals surface area contributed by atoms with Crippen molar-refractivity contribution in [2.75, 3.05) is 0 Å². The molecule has 0 saturated heterocycles. The average Bonchev–Trinajstić information content (AvgIpc) is 3.11. The molecule has 0 aliphatic rings. The van der Waals surface area contributed by atoms with Crippen molar-refractivity contribution in [2.45, 2.75) is 83.1 Å². The first-order valence-corrected chi connectivity index (χ1v) is 17.4. The quantitative estimate of drug-likeness (QED) is 0.170. The van der Waals surface area contributed by atoms with Crippen molar-refractivity contribution in [3.63, 3.8) is 0 Å². The van der Waals surface area contributed by atoms with Gasteiger partial charge in [0.25, 0.3) is 0 Å². The van der Waals surface area contributed by atoms with E-state index in [9.17, 15) is 0 Å². The molecule has 49 heavy (non-hydrogen) atoms. The van der Waals surface area contributed by atoms with Gasteiger partial charge in [0.15, 0.2) is 0 Å². The first-order valence-electron chi connectivity index (χ1n) is 17.4. The average molecular weight is 642 g/mol. The number of benzene rings is 3. The minimum Gasteiger partial charge on any atom is -0.264 e. The zero-order chi connectivity index (χ0) is 35.3. The summed E-state index contributed by atoms with van der Waals surface area (Å²) in [5, 5.41) is 0. The van der Waals surface area contributed by atoms with Gasteiger partial charge in [-0.2, -0.15) is 0 Å². The molecule has 0 bridgehead atoms. The normalized spacial score (nSPS) is 11.3. The lowest BCUT2D eigenvalue weighted by Crippen LogP contribution is -2.58. The van der Waals surface area contributed by atoms with Crippen molar-refractivity contribution < 1.29 is 0 Å². The Morgan fingerprint density at radius 2 is 0.551 bits per heavy atom. The van der Waals surface area contributed by atoms with Gasteiger partial charge in [0.05, 0.1) is 0 Å². The molecule has 3 heterocycles. The molecule has 0 saturated carbocycles. The largest absolute Gasteiger partial charge is 0.264 e. The van der Waals surface area contributed by atoms with Gasteiger partial charge in [0, 0.05) is 53.9 Å². The van der Waals surface area contributed by atoms with Crippen molar-refractivity contribution in [1.29, 1.82) is 0 Å². The minimum absolute atomic E-state index is 0.0426. The predicted molar refractivity (Wildman–Crippen MR) is 211 cm³/mol. The summed E-state index contributed by atoms with van der Waals surface area (Å²) in [5.41, 5.74) is 27.7. The van der Waals surface area contributed by atoms with Gasteiger partial charge in [0.2, 0.25) is 6.71 Å². The van der Waals surface area contributed by atoms with E-state index in [1.165, 1.54) is 117 Å². The Balaban J connectivity index is 1.76. The highest BCUT2D eigenvalue weighted by molar-refractivity contribution is 6.97. The molecule has 0 radical (unpaired) electrons. The van der Waals surface area contributed by atoms with E-state index in [1.54, 1.807) is 0 Å². The lowest BCUT2D eigenvalue weighted by atomic mass is 9.32. The molecule has 3 aromatic heterocycles. The summed E-state index contributed by atoms with van der Waals surface area (Å²) < 4.78 is 0. The fraction of sp³-hybridized carbons (Fsp3) is 0.267. The number of rotatable bonds is 6. The molecule has 0 fully saturated rings. The van der Waals surface area contributed by atoms with Gasteiger partial charge in [-0.25, -0.2) is 0 Å². The van der Waals surface area contributed by atoms with Gasteiger partial charge in [-0.1, -0.05) is 68.0 Å². The Labute approximate surface area is 294 Å². The van der Waals surface area contributed by atoms with E-state index in [2.05, 4.69) is 116 Å². The highest BCUT2D eigenvalue weighted by atomic mass is 14.6. The lowest BCUT2D eigenvalue weighted by Gasteiger charge is -2.33. The van der Waals surface area contributed by atoms with Crippen LogP contribution in [-0.4, -0.2) is 21.7 Å². The summed E-state index contributed by atoms with van der Waals surface area (Å²) in [6.07, 6.45) is 11.6. The highest BCUT2D eigenvalue weighted by Gasteiger charge is 2.35. The van der Waals surface area contributed by atoms with Crippen molar-refractivity contribution in [3.8, 4) is 33.4 Å². The van der Waals surface area contributed by atoms with E-state index in [4.69, 9.17) is 0 Å². The summed E-state index contributed by atoms with van der Waals surface area (Å²) in [6.45, 7) is 27.9.